The van der Waals surface area contributed by atoms with Crippen LogP contribution in [-0.2, 0) is 0 Å². The standard InChI is InChI=1S/C18H13F3O4/c1-9-8-12(22)16-14(7-6-11(19)15(9)16)24-17(23)10-4-2-3-5-13(10)25-18(20)21/h2-7,9,18H,8H2,1H3/t9-/m1/s1. The summed E-state index contributed by atoms with van der Waals surface area (Å²) in [4.78, 5) is 24.4. The molecule has 0 heterocycles. The van der Waals surface area contributed by atoms with Crippen molar-refractivity contribution in [3.8, 4) is 11.5 Å². The van der Waals surface area contributed by atoms with E-state index in [2.05, 4.69) is 4.74 Å². The molecular weight excluding hydrogens is 337 g/mol. The average Bonchev–Trinajstić information content (AvgIpc) is 2.85. The molecular formula is C18H13F3O4. The molecule has 1 aliphatic rings. The van der Waals surface area contributed by atoms with Crippen molar-refractivity contribution in [2.45, 2.75) is 25.9 Å². The van der Waals surface area contributed by atoms with E-state index in [1.807, 2.05) is 0 Å². The van der Waals surface area contributed by atoms with Crippen LogP contribution in [0.25, 0.3) is 0 Å². The number of hydrogen-bond donors (Lipinski definition) is 0. The summed E-state index contributed by atoms with van der Waals surface area (Å²) >= 11 is 0. The summed E-state index contributed by atoms with van der Waals surface area (Å²) in [6.07, 6.45) is 0.117. The Labute approximate surface area is 141 Å². The van der Waals surface area contributed by atoms with Crippen LogP contribution in [0, 0.1) is 5.82 Å². The molecule has 0 amide bonds. The van der Waals surface area contributed by atoms with Gasteiger partial charge in [-0.3, -0.25) is 4.79 Å². The summed E-state index contributed by atoms with van der Waals surface area (Å²) in [6.45, 7) is -1.41. The second-order valence-corrected chi connectivity index (χ2v) is 5.63. The molecule has 4 nitrogen and oxygen atoms in total. The minimum absolute atomic E-state index is 0.0214. The Hall–Kier alpha value is -2.83. The molecule has 0 saturated heterocycles. The summed E-state index contributed by atoms with van der Waals surface area (Å²) in [7, 11) is 0. The van der Waals surface area contributed by atoms with Crippen LogP contribution < -0.4 is 9.47 Å². The zero-order valence-electron chi connectivity index (χ0n) is 13.1. The average molecular weight is 350 g/mol. The minimum atomic E-state index is -3.11. The number of esters is 1. The van der Waals surface area contributed by atoms with Crippen LogP contribution >= 0.6 is 0 Å². The van der Waals surface area contributed by atoms with Gasteiger partial charge in [0.15, 0.2) is 5.78 Å². The van der Waals surface area contributed by atoms with Crippen molar-refractivity contribution in [1.29, 1.82) is 0 Å². The number of alkyl halides is 2. The van der Waals surface area contributed by atoms with Crippen LogP contribution in [0.5, 0.6) is 11.5 Å². The van der Waals surface area contributed by atoms with E-state index in [-0.39, 0.29) is 46.3 Å². The first-order valence-electron chi connectivity index (χ1n) is 7.50. The van der Waals surface area contributed by atoms with E-state index in [1.54, 1.807) is 6.92 Å². The van der Waals surface area contributed by atoms with Gasteiger partial charge in [0, 0.05) is 12.0 Å². The highest BCUT2D eigenvalue weighted by atomic mass is 19.3. The van der Waals surface area contributed by atoms with Gasteiger partial charge in [0.1, 0.15) is 22.9 Å². The largest absolute Gasteiger partial charge is 0.434 e. The number of para-hydroxylation sites is 1. The van der Waals surface area contributed by atoms with Crippen molar-refractivity contribution in [3.05, 3.63) is 58.9 Å². The van der Waals surface area contributed by atoms with Gasteiger partial charge in [-0.15, -0.1) is 0 Å². The Morgan fingerprint density at radius 2 is 1.88 bits per heavy atom. The normalized spacial score (nSPS) is 16.0. The highest BCUT2D eigenvalue weighted by Crippen LogP contribution is 2.40. The van der Waals surface area contributed by atoms with Crippen LogP contribution in [0.4, 0.5) is 13.2 Å². The van der Waals surface area contributed by atoms with E-state index >= 15 is 0 Å². The molecule has 1 aliphatic carbocycles. The van der Waals surface area contributed by atoms with Crippen molar-refractivity contribution >= 4 is 11.8 Å². The number of fused-ring (bicyclic) bond motifs is 1. The fourth-order valence-electron chi connectivity index (χ4n) is 2.90. The Bertz CT molecular complexity index is 848. The van der Waals surface area contributed by atoms with Crippen molar-refractivity contribution in [1.82, 2.24) is 0 Å². The summed E-state index contributed by atoms with van der Waals surface area (Å²) < 4.78 is 48.3. The maximum absolute atomic E-state index is 14.0. The van der Waals surface area contributed by atoms with Crippen molar-refractivity contribution < 1.29 is 32.2 Å². The molecule has 0 bridgehead atoms. The molecule has 0 saturated carbocycles. The second kappa shape index (κ2) is 6.58. The minimum Gasteiger partial charge on any atom is -0.434 e. The number of halogens is 3. The van der Waals surface area contributed by atoms with Crippen LogP contribution in [0.1, 0.15) is 45.5 Å². The fraction of sp³-hybridized carbons (Fsp3) is 0.222. The lowest BCUT2D eigenvalue weighted by Gasteiger charge is -2.12. The maximum Gasteiger partial charge on any atom is 0.387 e. The Morgan fingerprint density at radius 1 is 1.16 bits per heavy atom. The number of carbonyl (C=O) groups excluding carboxylic acids is 2. The SMILES string of the molecule is C[C@@H]1CC(=O)c2c(OC(=O)c3ccccc3OC(F)F)ccc(F)c21. The van der Waals surface area contributed by atoms with Gasteiger partial charge in [0.2, 0.25) is 0 Å². The third kappa shape index (κ3) is 3.22. The quantitative estimate of drug-likeness (QED) is 0.608. The van der Waals surface area contributed by atoms with E-state index in [0.717, 1.165) is 6.07 Å². The summed E-state index contributed by atoms with van der Waals surface area (Å²) in [5.74, 6) is -2.62. The van der Waals surface area contributed by atoms with Crippen molar-refractivity contribution in [3.63, 3.8) is 0 Å². The van der Waals surface area contributed by atoms with Crippen molar-refractivity contribution in [2.75, 3.05) is 0 Å². The topological polar surface area (TPSA) is 52.6 Å². The molecule has 0 aromatic heterocycles. The number of rotatable bonds is 4. The van der Waals surface area contributed by atoms with Gasteiger partial charge >= 0.3 is 12.6 Å². The zero-order valence-corrected chi connectivity index (χ0v) is 13.1. The first kappa shape index (κ1) is 17.0. The smallest absolute Gasteiger partial charge is 0.387 e. The highest BCUT2D eigenvalue weighted by molar-refractivity contribution is 6.05. The molecule has 7 heteroatoms. The molecule has 25 heavy (non-hydrogen) atoms. The maximum atomic E-state index is 14.0. The molecule has 2 aromatic carbocycles. The van der Waals surface area contributed by atoms with Gasteiger partial charge in [0.05, 0.1) is 5.56 Å². The molecule has 130 valence electrons. The van der Waals surface area contributed by atoms with E-state index in [0.29, 0.717) is 0 Å². The van der Waals surface area contributed by atoms with Gasteiger partial charge in [-0.1, -0.05) is 19.1 Å². The third-order valence-electron chi connectivity index (χ3n) is 3.94. The van der Waals surface area contributed by atoms with Gasteiger partial charge in [-0.2, -0.15) is 8.78 Å². The highest BCUT2D eigenvalue weighted by Gasteiger charge is 2.33. The van der Waals surface area contributed by atoms with Gasteiger partial charge in [-0.25, -0.2) is 9.18 Å². The summed E-state index contributed by atoms with van der Waals surface area (Å²) in [6, 6.07) is 7.63. The molecule has 2 aromatic rings. The number of Topliss-reactive ketones (excluding diaryl/α,β-unsaturated/α-hetero) is 1. The Balaban J connectivity index is 1.95. The van der Waals surface area contributed by atoms with Gasteiger partial charge < -0.3 is 9.47 Å². The molecule has 1 atom stereocenters. The predicted molar refractivity (Wildman–Crippen MR) is 81.8 cm³/mol. The van der Waals surface area contributed by atoms with Gasteiger partial charge in [-0.05, 0) is 30.2 Å². The number of benzene rings is 2. The van der Waals surface area contributed by atoms with Crippen LogP contribution in [0.15, 0.2) is 36.4 Å². The zero-order chi connectivity index (χ0) is 18.1. The van der Waals surface area contributed by atoms with Gasteiger partial charge in [0.25, 0.3) is 0 Å². The van der Waals surface area contributed by atoms with Crippen LogP contribution in [0.2, 0.25) is 0 Å². The molecule has 0 N–H and O–H groups in total. The molecule has 0 fully saturated rings. The molecule has 3 rings (SSSR count). The molecule has 0 radical (unpaired) electrons. The summed E-state index contributed by atoms with van der Waals surface area (Å²) in [5, 5.41) is 0. The lowest BCUT2D eigenvalue weighted by molar-refractivity contribution is -0.0503. The van der Waals surface area contributed by atoms with Crippen LogP contribution in [0.3, 0.4) is 0 Å². The Kier molecular flexibility index (Phi) is 4.48. The van der Waals surface area contributed by atoms with Crippen molar-refractivity contribution in [2.24, 2.45) is 0 Å². The predicted octanol–water partition coefficient (Wildman–Crippen LogP) is 4.34. The molecule has 0 unspecified atom stereocenters. The van der Waals surface area contributed by atoms with Crippen LogP contribution in [-0.4, -0.2) is 18.4 Å². The molecule has 0 spiro atoms. The number of carbonyl (C=O) groups is 2. The number of ketones is 1. The van der Waals surface area contributed by atoms with E-state index < -0.39 is 18.4 Å². The number of ether oxygens (including phenoxy) is 2. The Morgan fingerprint density at radius 3 is 2.60 bits per heavy atom. The first-order chi connectivity index (χ1) is 11.9. The summed E-state index contributed by atoms with van der Waals surface area (Å²) in [5.41, 5.74) is -0.0000981. The lowest BCUT2D eigenvalue weighted by atomic mass is 10.0. The second-order valence-electron chi connectivity index (χ2n) is 5.63. The lowest BCUT2D eigenvalue weighted by Crippen LogP contribution is -2.14. The fourth-order valence-corrected chi connectivity index (χ4v) is 2.90. The number of hydrogen-bond acceptors (Lipinski definition) is 4. The molecule has 0 aliphatic heterocycles. The third-order valence-corrected chi connectivity index (χ3v) is 3.94. The first-order valence-corrected chi connectivity index (χ1v) is 7.50. The van der Waals surface area contributed by atoms with E-state index in [4.69, 9.17) is 4.74 Å². The monoisotopic (exact) mass is 350 g/mol. The van der Waals surface area contributed by atoms with E-state index in [1.165, 1.54) is 30.3 Å². The van der Waals surface area contributed by atoms with E-state index in [9.17, 15) is 22.8 Å².